The molecule has 19 heavy (non-hydrogen) atoms. The summed E-state index contributed by atoms with van der Waals surface area (Å²) in [6.45, 7) is 4.59. The minimum Gasteiger partial charge on any atom is -0.398 e. The van der Waals surface area contributed by atoms with Gasteiger partial charge in [-0.05, 0) is 47.5 Å². The molecule has 0 aliphatic rings. The Bertz CT molecular complexity index is 557. The van der Waals surface area contributed by atoms with Crippen LogP contribution in [0, 0.1) is 0 Å². The highest BCUT2D eigenvalue weighted by Crippen LogP contribution is 2.27. The Morgan fingerprint density at radius 2 is 2.21 bits per heavy atom. The van der Waals surface area contributed by atoms with Gasteiger partial charge in [0.05, 0.1) is 0 Å². The molecule has 0 spiro atoms. The van der Waals surface area contributed by atoms with E-state index in [-0.39, 0.29) is 6.10 Å². The van der Waals surface area contributed by atoms with Crippen LogP contribution in [-0.4, -0.2) is 16.7 Å². The zero-order valence-corrected chi connectivity index (χ0v) is 12.5. The van der Waals surface area contributed by atoms with Crippen LogP contribution < -0.4 is 5.73 Å². The summed E-state index contributed by atoms with van der Waals surface area (Å²) in [7, 11) is 0. The summed E-state index contributed by atoms with van der Waals surface area (Å²) in [5.41, 5.74) is 7.24. The molecule has 6 heteroatoms. The minimum absolute atomic E-state index is 0.125. The van der Waals surface area contributed by atoms with Gasteiger partial charge in [0.15, 0.2) is 0 Å². The van der Waals surface area contributed by atoms with E-state index in [0.29, 0.717) is 24.0 Å². The predicted octanol–water partition coefficient (Wildman–Crippen LogP) is 3.57. The number of aromatic nitrogens is 2. The molecular weight excluding hydrogens is 310 g/mol. The van der Waals surface area contributed by atoms with E-state index >= 15 is 0 Å². The predicted molar refractivity (Wildman–Crippen MR) is 76.5 cm³/mol. The third-order valence-corrected chi connectivity index (χ3v) is 3.40. The molecule has 1 heterocycles. The Kier molecular flexibility index (Phi) is 4.55. The third-order valence-electron chi connectivity index (χ3n) is 2.72. The van der Waals surface area contributed by atoms with Crippen LogP contribution in [0.4, 0.5) is 5.69 Å². The lowest BCUT2D eigenvalue weighted by Gasteiger charge is -2.09. The fourth-order valence-electron chi connectivity index (χ4n) is 1.72. The lowest BCUT2D eigenvalue weighted by atomic mass is 10.2. The highest BCUT2D eigenvalue weighted by Gasteiger charge is 2.17. The van der Waals surface area contributed by atoms with E-state index in [4.69, 9.17) is 15.0 Å². The Balaban J connectivity index is 2.27. The van der Waals surface area contributed by atoms with Crippen molar-refractivity contribution in [2.24, 2.45) is 0 Å². The molecule has 1 aromatic heterocycles. The quantitative estimate of drug-likeness (QED) is 0.850. The number of halogens is 1. The van der Waals surface area contributed by atoms with Crippen molar-refractivity contribution in [3.8, 4) is 11.5 Å². The molecule has 0 saturated carbocycles. The molecule has 2 aromatic rings. The number of anilines is 1. The Morgan fingerprint density at radius 3 is 2.84 bits per heavy atom. The van der Waals surface area contributed by atoms with Gasteiger partial charge in [0.25, 0.3) is 5.89 Å². The van der Waals surface area contributed by atoms with Gasteiger partial charge in [0, 0.05) is 22.3 Å². The molecule has 0 fully saturated rings. The van der Waals surface area contributed by atoms with Crippen molar-refractivity contribution in [1.82, 2.24) is 10.1 Å². The number of hydrogen-bond donors (Lipinski definition) is 1. The normalized spacial score (nSPS) is 12.6. The van der Waals surface area contributed by atoms with Crippen LogP contribution in [0.2, 0.25) is 0 Å². The fraction of sp³-hybridized carbons (Fsp3) is 0.385. The van der Waals surface area contributed by atoms with Crippen LogP contribution >= 0.6 is 15.9 Å². The number of nitrogen functional groups attached to an aromatic ring is 1. The first kappa shape index (κ1) is 14.0. The molecular formula is C13H16BrN3O2. The van der Waals surface area contributed by atoms with Gasteiger partial charge in [0.2, 0.25) is 5.82 Å². The molecule has 0 aliphatic carbocycles. The molecule has 5 nitrogen and oxygen atoms in total. The number of hydrogen-bond acceptors (Lipinski definition) is 5. The molecule has 0 saturated heterocycles. The SMILES string of the molecule is CCOC(CC)c1noc(-c2ccc(N)c(Br)c2)n1. The molecule has 2 rings (SSSR count). The van der Waals surface area contributed by atoms with E-state index in [1.807, 2.05) is 26.0 Å². The second-order valence-electron chi connectivity index (χ2n) is 4.05. The smallest absolute Gasteiger partial charge is 0.258 e. The maximum Gasteiger partial charge on any atom is 0.258 e. The van der Waals surface area contributed by atoms with Crippen molar-refractivity contribution in [3.05, 3.63) is 28.5 Å². The van der Waals surface area contributed by atoms with Gasteiger partial charge >= 0.3 is 0 Å². The molecule has 0 radical (unpaired) electrons. The van der Waals surface area contributed by atoms with Crippen molar-refractivity contribution in [3.63, 3.8) is 0 Å². The molecule has 0 aliphatic heterocycles. The zero-order chi connectivity index (χ0) is 13.8. The lowest BCUT2D eigenvalue weighted by Crippen LogP contribution is -2.04. The lowest BCUT2D eigenvalue weighted by molar-refractivity contribution is 0.0518. The first-order valence-electron chi connectivity index (χ1n) is 6.16. The van der Waals surface area contributed by atoms with Gasteiger partial charge in [-0.2, -0.15) is 4.98 Å². The molecule has 102 valence electrons. The van der Waals surface area contributed by atoms with Crippen molar-refractivity contribution in [1.29, 1.82) is 0 Å². The summed E-state index contributed by atoms with van der Waals surface area (Å²) >= 11 is 3.38. The van der Waals surface area contributed by atoms with Crippen molar-refractivity contribution >= 4 is 21.6 Å². The highest BCUT2D eigenvalue weighted by atomic mass is 79.9. The van der Waals surface area contributed by atoms with Crippen LogP contribution in [0.5, 0.6) is 0 Å². The van der Waals surface area contributed by atoms with Gasteiger partial charge in [-0.1, -0.05) is 12.1 Å². The summed E-state index contributed by atoms with van der Waals surface area (Å²) in [6.07, 6.45) is 0.679. The number of ether oxygens (including phenoxy) is 1. The van der Waals surface area contributed by atoms with E-state index in [2.05, 4.69) is 26.1 Å². The largest absolute Gasteiger partial charge is 0.398 e. The third kappa shape index (κ3) is 3.13. The second kappa shape index (κ2) is 6.16. The van der Waals surface area contributed by atoms with Crippen LogP contribution in [-0.2, 0) is 4.74 Å². The van der Waals surface area contributed by atoms with Gasteiger partial charge in [-0.3, -0.25) is 0 Å². The van der Waals surface area contributed by atoms with E-state index in [1.54, 1.807) is 6.07 Å². The van der Waals surface area contributed by atoms with Gasteiger partial charge in [-0.25, -0.2) is 0 Å². The monoisotopic (exact) mass is 325 g/mol. The molecule has 0 bridgehead atoms. The summed E-state index contributed by atoms with van der Waals surface area (Å²) in [5.74, 6) is 1.04. The molecule has 1 aromatic carbocycles. The maximum atomic E-state index is 5.75. The molecule has 1 atom stereocenters. The van der Waals surface area contributed by atoms with Crippen molar-refractivity contribution in [2.75, 3.05) is 12.3 Å². The van der Waals surface area contributed by atoms with Crippen LogP contribution in [0.1, 0.15) is 32.2 Å². The van der Waals surface area contributed by atoms with E-state index < -0.39 is 0 Å². The van der Waals surface area contributed by atoms with E-state index in [9.17, 15) is 0 Å². The van der Waals surface area contributed by atoms with Gasteiger partial charge in [0.1, 0.15) is 6.10 Å². The van der Waals surface area contributed by atoms with E-state index in [1.165, 1.54) is 0 Å². The molecule has 0 amide bonds. The minimum atomic E-state index is -0.125. The summed E-state index contributed by atoms with van der Waals surface area (Å²) in [4.78, 5) is 4.38. The Hall–Kier alpha value is -1.40. The molecule has 2 N–H and O–H groups in total. The summed E-state index contributed by atoms with van der Waals surface area (Å²) in [5, 5.41) is 3.98. The second-order valence-corrected chi connectivity index (χ2v) is 4.90. The van der Waals surface area contributed by atoms with Crippen LogP contribution in [0.25, 0.3) is 11.5 Å². The first-order chi connectivity index (χ1) is 9.15. The standard InChI is InChI=1S/C13H16BrN3O2/c1-3-11(18-4-2)12-16-13(19-17-12)8-5-6-10(15)9(14)7-8/h5-7,11H,3-4,15H2,1-2H3. The summed E-state index contributed by atoms with van der Waals surface area (Å²) in [6, 6.07) is 5.50. The number of nitrogens with two attached hydrogens (primary N) is 1. The number of rotatable bonds is 5. The van der Waals surface area contributed by atoms with Crippen molar-refractivity contribution in [2.45, 2.75) is 26.4 Å². The fourth-order valence-corrected chi connectivity index (χ4v) is 2.10. The average molecular weight is 326 g/mol. The van der Waals surface area contributed by atoms with Gasteiger partial charge in [-0.15, -0.1) is 0 Å². The van der Waals surface area contributed by atoms with Crippen LogP contribution in [0.3, 0.4) is 0 Å². The average Bonchev–Trinajstić information content (AvgIpc) is 2.88. The van der Waals surface area contributed by atoms with Crippen LogP contribution in [0.15, 0.2) is 27.2 Å². The topological polar surface area (TPSA) is 74.2 Å². The summed E-state index contributed by atoms with van der Waals surface area (Å²) < 4.78 is 11.6. The van der Waals surface area contributed by atoms with Gasteiger partial charge < -0.3 is 15.0 Å². The highest BCUT2D eigenvalue weighted by molar-refractivity contribution is 9.10. The number of nitrogens with zero attached hydrogens (tertiary/aromatic N) is 2. The zero-order valence-electron chi connectivity index (χ0n) is 10.9. The maximum absolute atomic E-state index is 5.75. The number of benzene rings is 1. The van der Waals surface area contributed by atoms with Crippen molar-refractivity contribution < 1.29 is 9.26 Å². The molecule has 1 unspecified atom stereocenters. The Morgan fingerprint density at radius 1 is 1.42 bits per heavy atom. The Labute approximate surface area is 120 Å². The van der Waals surface area contributed by atoms with E-state index in [0.717, 1.165) is 16.5 Å². The first-order valence-corrected chi connectivity index (χ1v) is 6.95.